The minimum atomic E-state index is -0.317. The quantitative estimate of drug-likeness (QED) is 0.802. The van der Waals surface area contributed by atoms with Crippen molar-refractivity contribution in [1.29, 1.82) is 0 Å². The molecule has 0 radical (unpaired) electrons. The number of nitrogens with one attached hydrogen (secondary N) is 1. The third-order valence-corrected chi connectivity index (χ3v) is 2.78. The first-order valence-corrected chi connectivity index (χ1v) is 6.25. The summed E-state index contributed by atoms with van der Waals surface area (Å²) in [6.07, 6.45) is 4.03. The molecule has 0 aliphatic carbocycles. The number of hydrogen-bond donors (Lipinski definition) is 2. The third-order valence-electron chi connectivity index (χ3n) is 2.78. The van der Waals surface area contributed by atoms with E-state index in [0.29, 0.717) is 25.1 Å². The van der Waals surface area contributed by atoms with Crippen LogP contribution in [0.1, 0.15) is 23.0 Å². The van der Waals surface area contributed by atoms with Crippen molar-refractivity contribution in [3.05, 3.63) is 41.9 Å². The molecule has 2 heterocycles. The first-order valence-electron chi connectivity index (χ1n) is 6.25. The third kappa shape index (κ3) is 3.00. The fraction of sp³-hybridized carbons (Fsp3) is 0.286. The average Bonchev–Trinajstić information content (AvgIpc) is 2.85. The molecule has 19 heavy (non-hydrogen) atoms. The molecule has 3 N–H and O–H groups in total. The van der Waals surface area contributed by atoms with Crippen LogP contribution in [0.15, 0.2) is 30.6 Å². The van der Waals surface area contributed by atoms with E-state index in [2.05, 4.69) is 9.97 Å². The van der Waals surface area contributed by atoms with Crippen molar-refractivity contribution in [2.24, 2.45) is 5.73 Å². The SMILES string of the molecule is CCOC(=O)c1cc(-c2ccncc2)[nH]c1CCN. The van der Waals surface area contributed by atoms with Crippen LogP contribution in [0.2, 0.25) is 0 Å². The summed E-state index contributed by atoms with van der Waals surface area (Å²) in [5, 5.41) is 0. The second-order valence-corrected chi connectivity index (χ2v) is 4.07. The van der Waals surface area contributed by atoms with Crippen molar-refractivity contribution in [2.45, 2.75) is 13.3 Å². The molecule has 0 aliphatic heterocycles. The second kappa shape index (κ2) is 6.15. The van der Waals surface area contributed by atoms with Gasteiger partial charge in [0.1, 0.15) is 0 Å². The fourth-order valence-electron chi connectivity index (χ4n) is 1.92. The normalized spacial score (nSPS) is 10.4. The average molecular weight is 259 g/mol. The molecule has 0 spiro atoms. The van der Waals surface area contributed by atoms with Gasteiger partial charge in [0.15, 0.2) is 0 Å². The highest BCUT2D eigenvalue weighted by molar-refractivity contribution is 5.92. The summed E-state index contributed by atoms with van der Waals surface area (Å²) in [6.45, 7) is 2.62. The molecule has 5 heteroatoms. The Morgan fingerprint density at radius 3 is 2.79 bits per heavy atom. The van der Waals surface area contributed by atoms with Crippen LogP contribution >= 0.6 is 0 Å². The van der Waals surface area contributed by atoms with Crippen LogP contribution in [0.5, 0.6) is 0 Å². The van der Waals surface area contributed by atoms with E-state index in [1.54, 1.807) is 25.4 Å². The van der Waals surface area contributed by atoms with Crippen LogP contribution in [-0.4, -0.2) is 29.1 Å². The van der Waals surface area contributed by atoms with Gasteiger partial charge < -0.3 is 15.5 Å². The topological polar surface area (TPSA) is 81.0 Å². The van der Waals surface area contributed by atoms with Gasteiger partial charge in [-0.05, 0) is 31.7 Å². The van der Waals surface area contributed by atoms with Gasteiger partial charge in [0, 0.05) is 35.8 Å². The maximum absolute atomic E-state index is 11.9. The molecular formula is C14H17N3O2. The van der Waals surface area contributed by atoms with Gasteiger partial charge in [0.05, 0.1) is 12.2 Å². The van der Waals surface area contributed by atoms with Crippen LogP contribution in [0.4, 0.5) is 0 Å². The van der Waals surface area contributed by atoms with E-state index in [0.717, 1.165) is 17.0 Å². The molecule has 0 saturated heterocycles. The summed E-state index contributed by atoms with van der Waals surface area (Å²) in [5.41, 5.74) is 8.78. The maximum atomic E-state index is 11.9. The number of H-pyrrole nitrogens is 1. The van der Waals surface area contributed by atoms with Crippen LogP contribution in [-0.2, 0) is 11.2 Å². The lowest BCUT2D eigenvalue weighted by molar-refractivity contribution is 0.0525. The molecule has 5 nitrogen and oxygen atoms in total. The first kappa shape index (κ1) is 13.3. The standard InChI is InChI=1S/C14H17N3O2/c1-2-19-14(18)11-9-13(17-12(11)3-6-15)10-4-7-16-8-5-10/h4-5,7-9,17H,2-3,6,15H2,1H3. The lowest BCUT2D eigenvalue weighted by Crippen LogP contribution is -2.10. The van der Waals surface area contributed by atoms with Crippen molar-refractivity contribution in [3.63, 3.8) is 0 Å². The van der Waals surface area contributed by atoms with Crippen molar-refractivity contribution in [2.75, 3.05) is 13.2 Å². The molecule has 0 atom stereocenters. The van der Waals surface area contributed by atoms with Crippen molar-refractivity contribution in [1.82, 2.24) is 9.97 Å². The largest absolute Gasteiger partial charge is 0.462 e. The number of ether oxygens (including phenoxy) is 1. The molecule has 2 rings (SSSR count). The lowest BCUT2D eigenvalue weighted by Gasteiger charge is -2.01. The van der Waals surface area contributed by atoms with Gasteiger partial charge >= 0.3 is 5.97 Å². The molecule has 0 fully saturated rings. The highest BCUT2D eigenvalue weighted by atomic mass is 16.5. The summed E-state index contributed by atoms with van der Waals surface area (Å²) < 4.78 is 5.05. The molecular weight excluding hydrogens is 242 g/mol. The Labute approximate surface area is 111 Å². The molecule has 2 aromatic rings. The molecule has 0 aliphatic rings. The van der Waals surface area contributed by atoms with Gasteiger partial charge in [-0.2, -0.15) is 0 Å². The maximum Gasteiger partial charge on any atom is 0.339 e. The van der Waals surface area contributed by atoms with Crippen LogP contribution in [0, 0.1) is 0 Å². The second-order valence-electron chi connectivity index (χ2n) is 4.07. The molecule has 100 valence electrons. The first-order chi connectivity index (χ1) is 9.26. The molecule has 0 aromatic carbocycles. The Hall–Kier alpha value is -2.14. The zero-order valence-electron chi connectivity index (χ0n) is 10.8. The van der Waals surface area contributed by atoms with Crippen LogP contribution < -0.4 is 5.73 Å². The lowest BCUT2D eigenvalue weighted by atomic mass is 10.1. The molecule has 0 bridgehead atoms. The molecule has 0 unspecified atom stereocenters. The van der Waals surface area contributed by atoms with Crippen molar-refractivity contribution >= 4 is 5.97 Å². The van der Waals surface area contributed by atoms with Crippen LogP contribution in [0.25, 0.3) is 11.3 Å². The van der Waals surface area contributed by atoms with E-state index in [-0.39, 0.29) is 5.97 Å². The van der Waals surface area contributed by atoms with Crippen molar-refractivity contribution < 1.29 is 9.53 Å². The monoisotopic (exact) mass is 259 g/mol. The van der Waals surface area contributed by atoms with E-state index in [4.69, 9.17) is 10.5 Å². The van der Waals surface area contributed by atoms with Gasteiger partial charge in [0.2, 0.25) is 0 Å². The number of carbonyl (C=O) groups excluding carboxylic acids is 1. The minimum Gasteiger partial charge on any atom is -0.462 e. The molecule has 0 saturated carbocycles. The Bertz CT molecular complexity index is 549. The Morgan fingerprint density at radius 2 is 2.16 bits per heavy atom. The minimum absolute atomic E-state index is 0.317. The zero-order valence-corrected chi connectivity index (χ0v) is 10.8. The highest BCUT2D eigenvalue weighted by Gasteiger charge is 2.16. The van der Waals surface area contributed by atoms with Gasteiger partial charge in [-0.15, -0.1) is 0 Å². The van der Waals surface area contributed by atoms with E-state index in [9.17, 15) is 4.79 Å². The number of rotatable bonds is 5. The number of aromatic amines is 1. The highest BCUT2D eigenvalue weighted by Crippen LogP contribution is 2.22. The number of carbonyl (C=O) groups is 1. The van der Waals surface area contributed by atoms with Gasteiger partial charge in [-0.1, -0.05) is 0 Å². The predicted molar refractivity (Wildman–Crippen MR) is 72.7 cm³/mol. The Morgan fingerprint density at radius 1 is 1.42 bits per heavy atom. The van der Waals surface area contributed by atoms with E-state index < -0.39 is 0 Å². The van der Waals surface area contributed by atoms with Gasteiger partial charge in [-0.25, -0.2) is 4.79 Å². The van der Waals surface area contributed by atoms with E-state index >= 15 is 0 Å². The number of pyridine rings is 1. The van der Waals surface area contributed by atoms with Crippen LogP contribution in [0.3, 0.4) is 0 Å². The molecule has 0 amide bonds. The van der Waals surface area contributed by atoms with Gasteiger partial charge in [0.25, 0.3) is 0 Å². The summed E-state index contributed by atoms with van der Waals surface area (Å²) in [5.74, 6) is -0.317. The smallest absolute Gasteiger partial charge is 0.339 e. The zero-order chi connectivity index (χ0) is 13.7. The Kier molecular flexibility index (Phi) is 4.30. The predicted octanol–water partition coefficient (Wildman–Crippen LogP) is 1.75. The summed E-state index contributed by atoms with van der Waals surface area (Å²) in [4.78, 5) is 19.1. The number of hydrogen-bond acceptors (Lipinski definition) is 4. The number of aromatic nitrogens is 2. The number of nitrogens with zero attached hydrogens (tertiary/aromatic N) is 1. The fourth-order valence-corrected chi connectivity index (χ4v) is 1.92. The summed E-state index contributed by atoms with van der Waals surface area (Å²) >= 11 is 0. The van der Waals surface area contributed by atoms with E-state index in [1.165, 1.54) is 0 Å². The number of nitrogens with two attached hydrogens (primary N) is 1. The van der Waals surface area contributed by atoms with Gasteiger partial charge in [-0.3, -0.25) is 4.98 Å². The van der Waals surface area contributed by atoms with Crippen molar-refractivity contribution in [3.8, 4) is 11.3 Å². The summed E-state index contributed by atoms with van der Waals surface area (Å²) in [7, 11) is 0. The summed E-state index contributed by atoms with van der Waals surface area (Å²) in [6, 6.07) is 5.57. The number of esters is 1. The van der Waals surface area contributed by atoms with E-state index in [1.807, 2.05) is 12.1 Å². The Balaban J connectivity index is 2.37. The molecule has 2 aromatic heterocycles.